The van der Waals surface area contributed by atoms with Gasteiger partial charge in [-0.05, 0) is 17.7 Å². The number of amides is 2. The SMILES string of the molecule is COC(=O)CCN1CC(c2ccncc2)N(C)C1=O. The highest BCUT2D eigenvalue weighted by Crippen LogP contribution is 2.27. The van der Waals surface area contributed by atoms with Gasteiger partial charge in [0.15, 0.2) is 0 Å². The summed E-state index contributed by atoms with van der Waals surface area (Å²) < 4.78 is 4.58. The van der Waals surface area contributed by atoms with Gasteiger partial charge in [0, 0.05) is 32.5 Å². The molecule has 1 fully saturated rings. The topological polar surface area (TPSA) is 62.7 Å². The lowest BCUT2D eigenvalue weighted by Gasteiger charge is -2.17. The molecule has 0 N–H and O–H groups in total. The van der Waals surface area contributed by atoms with Crippen molar-refractivity contribution in [2.45, 2.75) is 12.5 Å². The van der Waals surface area contributed by atoms with Crippen LogP contribution in [0.2, 0.25) is 0 Å². The van der Waals surface area contributed by atoms with Gasteiger partial charge in [-0.15, -0.1) is 0 Å². The molecule has 1 aliphatic heterocycles. The molecule has 1 unspecified atom stereocenters. The standard InChI is InChI=1S/C13H17N3O3/c1-15-11(10-3-6-14-7-4-10)9-16(13(15)18)8-5-12(17)19-2/h3-4,6-7,11H,5,8-9H2,1-2H3. The minimum atomic E-state index is -0.303. The number of likely N-dealkylation sites (N-methyl/N-ethyl adjacent to an activating group) is 1. The summed E-state index contributed by atoms with van der Waals surface area (Å²) in [6, 6.07) is 3.75. The summed E-state index contributed by atoms with van der Waals surface area (Å²) in [6.07, 6.45) is 3.65. The number of pyridine rings is 1. The van der Waals surface area contributed by atoms with Gasteiger partial charge < -0.3 is 14.5 Å². The van der Waals surface area contributed by atoms with Gasteiger partial charge in [0.25, 0.3) is 0 Å². The minimum absolute atomic E-state index is 0.00754. The Kier molecular flexibility index (Phi) is 3.99. The molecule has 0 saturated carbocycles. The van der Waals surface area contributed by atoms with Crippen LogP contribution in [-0.2, 0) is 9.53 Å². The maximum absolute atomic E-state index is 12.1. The Morgan fingerprint density at radius 3 is 2.79 bits per heavy atom. The molecule has 102 valence electrons. The maximum Gasteiger partial charge on any atom is 0.320 e. The fourth-order valence-electron chi connectivity index (χ4n) is 2.20. The highest BCUT2D eigenvalue weighted by Gasteiger charge is 2.35. The number of nitrogens with zero attached hydrogens (tertiary/aromatic N) is 3. The number of carbonyl (C=O) groups is 2. The second-order valence-electron chi connectivity index (χ2n) is 4.46. The van der Waals surface area contributed by atoms with Crippen molar-refractivity contribution in [1.29, 1.82) is 0 Å². The zero-order valence-electron chi connectivity index (χ0n) is 11.1. The molecule has 2 amide bonds. The molecule has 6 nitrogen and oxygen atoms in total. The van der Waals surface area contributed by atoms with E-state index in [9.17, 15) is 9.59 Å². The normalized spacial score (nSPS) is 18.8. The summed E-state index contributed by atoms with van der Waals surface area (Å²) in [5.74, 6) is -0.303. The second kappa shape index (κ2) is 5.69. The van der Waals surface area contributed by atoms with Crippen molar-refractivity contribution in [3.05, 3.63) is 30.1 Å². The lowest BCUT2D eigenvalue weighted by molar-refractivity contribution is -0.140. The number of esters is 1. The van der Waals surface area contributed by atoms with E-state index in [0.29, 0.717) is 13.1 Å². The molecule has 6 heteroatoms. The van der Waals surface area contributed by atoms with Crippen molar-refractivity contribution < 1.29 is 14.3 Å². The first-order valence-corrected chi connectivity index (χ1v) is 6.12. The van der Waals surface area contributed by atoms with Crippen molar-refractivity contribution in [2.24, 2.45) is 0 Å². The molecule has 2 heterocycles. The summed E-state index contributed by atoms with van der Waals surface area (Å²) >= 11 is 0. The van der Waals surface area contributed by atoms with Gasteiger partial charge in [0.2, 0.25) is 0 Å². The Morgan fingerprint density at radius 2 is 2.16 bits per heavy atom. The van der Waals surface area contributed by atoms with Crippen LogP contribution in [0.25, 0.3) is 0 Å². The largest absolute Gasteiger partial charge is 0.469 e. The van der Waals surface area contributed by atoms with E-state index in [1.807, 2.05) is 12.1 Å². The van der Waals surface area contributed by atoms with Gasteiger partial charge in [-0.2, -0.15) is 0 Å². The van der Waals surface area contributed by atoms with E-state index in [1.165, 1.54) is 7.11 Å². The monoisotopic (exact) mass is 263 g/mol. The molecule has 0 radical (unpaired) electrons. The van der Waals surface area contributed by atoms with Crippen LogP contribution in [0.3, 0.4) is 0 Å². The first-order chi connectivity index (χ1) is 9.13. The summed E-state index contributed by atoms with van der Waals surface area (Å²) in [7, 11) is 3.12. The van der Waals surface area contributed by atoms with Crippen molar-refractivity contribution in [2.75, 3.05) is 27.2 Å². The zero-order valence-corrected chi connectivity index (χ0v) is 11.1. The average molecular weight is 263 g/mol. The van der Waals surface area contributed by atoms with Crippen LogP contribution in [0.1, 0.15) is 18.0 Å². The molecule has 0 spiro atoms. The van der Waals surface area contributed by atoms with Crippen LogP contribution < -0.4 is 0 Å². The Balaban J connectivity index is 2.02. The number of hydrogen-bond acceptors (Lipinski definition) is 4. The fraction of sp³-hybridized carbons (Fsp3) is 0.462. The highest BCUT2D eigenvalue weighted by atomic mass is 16.5. The van der Waals surface area contributed by atoms with Crippen LogP contribution >= 0.6 is 0 Å². The molecule has 19 heavy (non-hydrogen) atoms. The molecule has 0 aromatic carbocycles. The lowest BCUT2D eigenvalue weighted by atomic mass is 10.1. The van der Waals surface area contributed by atoms with Gasteiger partial charge in [-0.25, -0.2) is 4.79 Å². The molecular formula is C13H17N3O3. The van der Waals surface area contributed by atoms with Gasteiger partial charge in [0.05, 0.1) is 19.6 Å². The van der Waals surface area contributed by atoms with Crippen LogP contribution in [0.5, 0.6) is 0 Å². The molecule has 1 aliphatic rings. The fourth-order valence-corrected chi connectivity index (χ4v) is 2.20. The third-order valence-corrected chi connectivity index (χ3v) is 3.34. The van der Waals surface area contributed by atoms with E-state index in [2.05, 4.69) is 9.72 Å². The predicted molar refractivity (Wildman–Crippen MR) is 68.3 cm³/mol. The minimum Gasteiger partial charge on any atom is -0.469 e. The van der Waals surface area contributed by atoms with Crippen LogP contribution in [0.4, 0.5) is 4.79 Å². The molecule has 0 bridgehead atoms. The summed E-state index contributed by atoms with van der Waals surface area (Å²) in [6.45, 7) is 0.966. The van der Waals surface area contributed by atoms with E-state index in [-0.39, 0.29) is 24.5 Å². The molecule has 1 aromatic heterocycles. The van der Waals surface area contributed by atoms with E-state index in [0.717, 1.165) is 5.56 Å². The number of aromatic nitrogens is 1. The third kappa shape index (κ3) is 2.83. The second-order valence-corrected chi connectivity index (χ2v) is 4.46. The van der Waals surface area contributed by atoms with Gasteiger partial charge >= 0.3 is 12.0 Å². The van der Waals surface area contributed by atoms with Crippen molar-refractivity contribution >= 4 is 12.0 Å². The summed E-state index contributed by atoms with van der Waals surface area (Å²) in [4.78, 5) is 30.5. The molecule has 0 aliphatic carbocycles. The van der Waals surface area contributed by atoms with E-state index in [4.69, 9.17) is 0 Å². The number of methoxy groups -OCH3 is 1. The van der Waals surface area contributed by atoms with Crippen LogP contribution in [0.15, 0.2) is 24.5 Å². The van der Waals surface area contributed by atoms with Crippen molar-refractivity contribution in [1.82, 2.24) is 14.8 Å². The summed E-state index contributed by atoms with van der Waals surface area (Å²) in [5, 5.41) is 0. The highest BCUT2D eigenvalue weighted by molar-refractivity contribution is 5.78. The molecule has 2 rings (SSSR count). The van der Waals surface area contributed by atoms with Crippen LogP contribution in [0, 0.1) is 0 Å². The molecule has 1 aromatic rings. The molecule has 1 atom stereocenters. The smallest absolute Gasteiger partial charge is 0.320 e. The van der Waals surface area contributed by atoms with E-state index in [1.54, 1.807) is 29.2 Å². The zero-order chi connectivity index (χ0) is 13.8. The average Bonchev–Trinajstić information content (AvgIpc) is 2.73. The number of urea groups is 1. The molecule has 1 saturated heterocycles. The Labute approximate surface area is 112 Å². The molecular weight excluding hydrogens is 246 g/mol. The number of hydrogen-bond donors (Lipinski definition) is 0. The Morgan fingerprint density at radius 1 is 1.47 bits per heavy atom. The summed E-state index contributed by atoms with van der Waals surface area (Å²) in [5.41, 5.74) is 1.05. The third-order valence-electron chi connectivity index (χ3n) is 3.34. The van der Waals surface area contributed by atoms with Gasteiger partial charge in [-0.3, -0.25) is 9.78 Å². The predicted octanol–water partition coefficient (Wildman–Crippen LogP) is 1.05. The van der Waals surface area contributed by atoms with E-state index < -0.39 is 0 Å². The number of rotatable bonds is 4. The van der Waals surface area contributed by atoms with Crippen molar-refractivity contribution in [3.8, 4) is 0 Å². The van der Waals surface area contributed by atoms with Crippen molar-refractivity contribution in [3.63, 3.8) is 0 Å². The van der Waals surface area contributed by atoms with E-state index >= 15 is 0 Å². The maximum atomic E-state index is 12.1. The van der Waals surface area contributed by atoms with Gasteiger partial charge in [-0.1, -0.05) is 0 Å². The number of carbonyl (C=O) groups excluding carboxylic acids is 2. The quantitative estimate of drug-likeness (QED) is 0.762. The Bertz CT molecular complexity index is 463. The number of ether oxygens (including phenoxy) is 1. The first kappa shape index (κ1) is 13.3. The van der Waals surface area contributed by atoms with Crippen LogP contribution in [-0.4, -0.2) is 54.0 Å². The van der Waals surface area contributed by atoms with Gasteiger partial charge in [0.1, 0.15) is 0 Å². The Hall–Kier alpha value is -2.11. The lowest BCUT2D eigenvalue weighted by Crippen LogP contribution is -2.31. The first-order valence-electron chi connectivity index (χ1n) is 6.12.